The minimum absolute atomic E-state index is 0.0627. The van der Waals surface area contributed by atoms with E-state index in [4.69, 9.17) is 0 Å². The minimum atomic E-state index is -0.0846. The van der Waals surface area contributed by atoms with Gasteiger partial charge in [0.1, 0.15) is 0 Å². The molecule has 0 saturated carbocycles. The zero-order valence-electron chi connectivity index (χ0n) is 12.9. The van der Waals surface area contributed by atoms with Crippen LogP contribution in [0.4, 0.5) is 0 Å². The van der Waals surface area contributed by atoms with E-state index >= 15 is 0 Å². The zero-order chi connectivity index (χ0) is 15.2. The number of amides is 1. The maximum absolute atomic E-state index is 12.7. The Morgan fingerprint density at radius 1 is 1.14 bits per heavy atom. The van der Waals surface area contributed by atoms with Crippen LogP contribution in [0.15, 0.2) is 47.8 Å². The molecule has 2 aromatic rings. The number of carbonyl (C=O) groups is 1. The molecule has 0 radical (unpaired) electrons. The van der Waals surface area contributed by atoms with Gasteiger partial charge in [0.15, 0.2) is 0 Å². The fourth-order valence-electron chi connectivity index (χ4n) is 2.55. The summed E-state index contributed by atoms with van der Waals surface area (Å²) in [6.07, 6.45) is 0.986. The molecule has 2 nitrogen and oxygen atoms in total. The summed E-state index contributed by atoms with van der Waals surface area (Å²) in [5.41, 5.74) is 1.10. The van der Waals surface area contributed by atoms with Gasteiger partial charge in [-0.3, -0.25) is 4.79 Å². The third-order valence-electron chi connectivity index (χ3n) is 3.98. The number of thiophene rings is 1. The number of nitrogens with one attached hydrogen (secondary N) is 1. The number of benzene rings is 1. The van der Waals surface area contributed by atoms with Gasteiger partial charge in [0.05, 0.1) is 12.0 Å². The van der Waals surface area contributed by atoms with Crippen LogP contribution in [0.25, 0.3) is 0 Å². The SMILES string of the molecule is CCC(C)C(C(=O)NC(C)c1cccs1)c1ccccc1. The smallest absolute Gasteiger partial charge is 0.228 e. The number of hydrogen-bond donors (Lipinski definition) is 1. The Balaban J connectivity index is 2.15. The summed E-state index contributed by atoms with van der Waals surface area (Å²) in [7, 11) is 0. The van der Waals surface area contributed by atoms with E-state index in [2.05, 4.69) is 25.2 Å². The van der Waals surface area contributed by atoms with Gasteiger partial charge in [-0.1, -0.05) is 56.7 Å². The summed E-state index contributed by atoms with van der Waals surface area (Å²) in [4.78, 5) is 13.9. The second-order valence-corrected chi connectivity index (χ2v) is 6.50. The topological polar surface area (TPSA) is 29.1 Å². The second kappa shape index (κ2) is 7.41. The van der Waals surface area contributed by atoms with Gasteiger partial charge in [-0.25, -0.2) is 0 Å². The molecule has 3 heteroatoms. The monoisotopic (exact) mass is 301 g/mol. The van der Waals surface area contributed by atoms with Crippen molar-refractivity contribution in [2.45, 2.75) is 39.2 Å². The highest BCUT2D eigenvalue weighted by atomic mass is 32.1. The Kier molecular flexibility index (Phi) is 5.57. The van der Waals surface area contributed by atoms with Crippen molar-refractivity contribution in [1.29, 1.82) is 0 Å². The third kappa shape index (κ3) is 3.94. The Morgan fingerprint density at radius 3 is 2.43 bits per heavy atom. The number of hydrogen-bond acceptors (Lipinski definition) is 2. The summed E-state index contributed by atoms with van der Waals surface area (Å²) in [6.45, 7) is 6.33. The first kappa shape index (κ1) is 15.8. The minimum Gasteiger partial charge on any atom is -0.348 e. The average Bonchev–Trinajstić information content (AvgIpc) is 3.02. The Bertz CT molecular complexity index is 550. The molecule has 112 valence electrons. The molecule has 3 atom stereocenters. The summed E-state index contributed by atoms with van der Waals surface area (Å²) >= 11 is 1.68. The third-order valence-corrected chi connectivity index (χ3v) is 5.04. The molecule has 0 saturated heterocycles. The van der Waals surface area contributed by atoms with Crippen LogP contribution in [0.1, 0.15) is 49.6 Å². The number of carbonyl (C=O) groups excluding carboxylic acids is 1. The lowest BCUT2D eigenvalue weighted by atomic mass is 9.84. The van der Waals surface area contributed by atoms with Crippen molar-refractivity contribution in [3.8, 4) is 0 Å². The van der Waals surface area contributed by atoms with Crippen LogP contribution >= 0.6 is 11.3 Å². The first-order chi connectivity index (χ1) is 10.1. The van der Waals surface area contributed by atoms with E-state index in [1.165, 1.54) is 4.88 Å². The summed E-state index contributed by atoms with van der Waals surface area (Å²) < 4.78 is 0. The molecular formula is C18H23NOS. The van der Waals surface area contributed by atoms with Crippen LogP contribution in [0.2, 0.25) is 0 Å². The van der Waals surface area contributed by atoms with Crippen LogP contribution < -0.4 is 5.32 Å². The Hall–Kier alpha value is -1.61. The molecule has 1 aromatic carbocycles. The zero-order valence-corrected chi connectivity index (χ0v) is 13.7. The van der Waals surface area contributed by atoms with Crippen molar-refractivity contribution >= 4 is 17.2 Å². The molecule has 1 amide bonds. The van der Waals surface area contributed by atoms with E-state index in [1.54, 1.807) is 11.3 Å². The van der Waals surface area contributed by atoms with Crippen molar-refractivity contribution in [2.24, 2.45) is 5.92 Å². The fourth-order valence-corrected chi connectivity index (χ4v) is 3.28. The van der Waals surface area contributed by atoms with E-state index in [9.17, 15) is 4.79 Å². The highest BCUT2D eigenvalue weighted by molar-refractivity contribution is 7.10. The van der Waals surface area contributed by atoms with Gasteiger partial charge in [0, 0.05) is 4.88 Å². The maximum Gasteiger partial charge on any atom is 0.228 e. The van der Waals surface area contributed by atoms with Crippen molar-refractivity contribution in [3.63, 3.8) is 0 Å². The summed E-state index contributed by atoms with van der Waals surface area (Å²) in [5.74, 6) is 0.359. The molecule has 0 aliphatic rings. The van der Waals surface area contributed by atoms with E-state index in [1.807, 2.05) is 48.7 Å². The fraction of sp³-hybridized carbons (Fsp3) is 0.389. The van der Waals surface area contributed by atoms with Crippen LogP contribution in [0, 0.1) is 5.92 Å². The van der Waals surface area contributed by atoms with Crippen LogP contribution in [-0.2, 0) is 4.79 Å². The highest BCUT2D eigenvalue weighted by Gasteiger charge is 2.26. The van der Waals surface area contributed by atoms with Crippen LogP contribution in [-0.4, -0.2) is 5.91 Å². The van der Waals surface area contributed by atoms with Crippen molar-refractivity contribution in [2.75, 3.05) is 0 Å². The molecule has 0 fully saturated rings. The summed E-state index contributed by atoms with van der Waals surface area (Å²) in [6, 6.07) is 14.2. The van der Waals surface area contributed by atoms with E-state index in [-0.39, 0.29) is 17.9 Å². The molecule has 2 rings (SSSR count). The molecule has 0 bridgehead atoms. The second-order valence-electron chi connectivity index (χ2n) is 5.52. The van der Waals surface area contributed by atoms with E-state index < -0.39 is 0 Å². The van der Waals surface area contributed by atoms with E-state index in [0.29, 0.717) is 5.92 Å². The molecule has 0 aliphatic heterocycles. The van der Waals surface area contributed by atoms with Gasteiger partial charge in [0.2, 0.25) is 5.91 Å². The highest BCUT2D eigenvalue weighted by Crippen LogP contribution is 2.28. The van der Waals surface area contributed by atoms with Crippen molar-refractivity contribution in [1.82, 2.24) is 5.32 Å². The van der Waals surface area contributed by atoms with Gasteiger partial charge in [-0.05, 0) is 29.9 Å². The lowest BCUT2D eigenvalue weighted by Gasteiger charge is -2.24. The predicted molar refractivity (Wildman–Crippen MR) is 89.5 cm³/mol. The molecule has 3 unspecified atom stereocenters. The van der Waals surface area contributed by atoms with Gasteiger partial charge >= 0.3 is 0 Å². The lowest BCUT2D eigenvalue weighted by molar-refractivity contribution is -0.124. The molecule has 1 N–H and O–H groups in total. The van der Waals surface area contributed by atoms with Gasteiger partial charge in [-0.15, -0.1) is 11.3 Å². The number of rotatable bonds is 6. The normalized spacial score (nSPS) is 15.2. The van der Waals surface area contributed by atoms with Gasteiger partial charge in [-0.2, -0.15) is 0 Å². The largest absolute Gasteiger partial charge is 0.348 e. The van der Waals surface area contributed by atoms with Crippen molar-refractivity contribution < 1.29 is 4.79 Å². The molecule has 0 spiro atoms. The standard InChI is InChI=1S/C18H23NOS/c1-4-13(2)17(15-9-6-5-7-10-15)18(20)19-14(3)16-11-8-12-21-16/h5-14,17H,4H2,1-3H3,(H,19,20). The molecular weight excluding hydrogens is 278 g/mol. The predicted octanol–water partition coefficient (Wildman–Crippen LogP) is 4.76. The molecule has 1 aromatic heterocycles. The van der Waals surface area contributed by atoms with Crippen LogP contribution in [0.5, 0.6) is 0 Å². The Morgan fingerprint density at radius 2 is 1.86 bits per heavy atom. The van der Waals surface area contributed by atoms with Crippen molar-refractivity contribution in [3.05, 3.63) is 58.3 Å². The first-order valence-electron chi connectivity index (χ1n) is 7.52. The van der Waals surface area contributed by atoms with E-state index in [0.717, 1.165) is 12.0 Å². The Labute approximate surface area is 131 Å². The molecule has 0 aliphatic carbocycles. The quantitative estimate of drug-likeness (QED) is 0.819. The van der Waals surface area contributed by atoms with Crippen LogP contribution in [0.3, 0.4) is 0 Å². The lowest BCUT2D eigenvalue weighted by Crippen LogP contribution is -2.34. The molecule has 21 heavy (non-hydrogen) atoms. The average molecular weight is 301 g/mol. The van der Waals surface area contributed by atoms with Gasteiger partial charge in [0.25, 0.3) is 0 Å². The van der Waals surface area contributed by atoms with Gasteiger partial charge < -0.3 is 5.32 Å². The maximum atomic E-state index is 12.7. The first-order valence-corrected chi connectivity index (χ1v) is 8.40. The molecule has 1 heterocycles. The summed E-state index contributed by atoms with van der Waals surface area (Å²) in [5, 5.41) is 5.21.